The molecule has 0 radical (unpaired) electrons. The molecule has 0 amide bonds. The molecule has 0 aromatic heterocycles. The number of nitro benzene ring substituents is 1. The van der Waals surface area contributed by atoms with Crippen molar-refractivity contribution in [2.45, 2.75) is 19.4 Å². The van der Waals surface area contributed by atoms with Crippen LogP contribution < -0.4 is 4.90 Å². The third-order valence-electron chi connectivity index (χ3n) is 3.08. The molecule has 1 fully saturated rings. The summed E-state index contributed by atoms with van der Waals surface area (Å²) < 4.78 is 0. The number of β-amino-alcohol motifs (C(OH)–C–C–N with tert-alkyl or cyclic N) is 1. The highest BCUT2D eigenvalue weighted by molar-refractivity contribution is 5.95. The zero-order valence-corrected chi connectivity index (χ0v) is 10.00. The molecular formula is C12H14N2O4. The number of anilines is 1. The van der Waals surface area contributed by atoms with Crippen molar-refractivity contribution in [3.05, 3.63) is 33.9 Å². The first-order valence-electron chi connectivity index (χ1n) is 5.71. The Balaban J connectivity index is 2.41. The summed E-state index contributed by atoms with van der Waals surface area (Å²) in [4.78, 5) is 23.5. The van der Waals surface area contributed by atoms with Crippen molar-refractivity contribution in [2.24, 2.45) is 0 Å². The van der Waals surface area contributed by atoms with E-state index in [2.05, 4.69) is 0 Å². The number of ketones is 1. The molecule has 6 nitrogen and oxygen atoms in total. The smallest absolute Gasteiger partial charge is 0.293 e. The van der Waals surface area contributed by atoms with Crippen molar-refractivity contribution >= 4 is 17.2 Å². The summed E-state index contributed by atoms with van der Waals surface area (Å²) in [5, 5.41) is 20.5. The van der Waals surface area contributed by atoms with Crippen LogP contribution in [0.2, 0.25) is 0 Å². The number of hydrogen-bond donors (Lipinski definition) is 1. The maximum atomic E-state index is 11.2. The summed E-state index contributed by atoms with van der Waals surface area (Å²) >= 11 is 0. The van der Waals surface area contributed by atoms with Gasteiger partial charge in [-0.15, -0.1) is 0 Å². The fraction of sp³-hybridized carbons (Fsp3) is 0.417. The third kappa shape index (κ3) is 2.33. The first kappa shape index (κ1) is 12.5. The minimum absolute atomic E-state index is 0.0863. The average molecular weight is 250 g/mol. The van der Waals surface area contributed by atoms with Gasteiger partial charge in [0.05, 0.1) is 11.0 Å². The molecule has 1 N–H and O–H groups in total. The van der Waals surface area contributed by atoms with Gasteiger partial charge in [-0.1, -0.05) is 0 Å². The Kier molecular flexibility index (Phi) is 3.29. The van der Waals surface area contributed by atoms with Crippen LogP contribution in [0.1, 0.15) is 23.7 Å². The monoisotopic (exact) mass is 250 g/mol. The quantitative estimate of drug-likeness (QED) is 0.497. The predicted molar refractivity (Wildman–Crippen MR) is 65.9 cm³/mol. The van der Waals surface area contributed by atoms with E-state index in [1.54, 1.807) is 17.0 Å². The van der Waals surface area contributed by atoms with Crippen molar-refractivity contribution in [1.29, 1.82) is 0 Å². The summed E-state index contributed by atoms with van der Waals surface area (Å²) in [6, 6.07) is 4.45. The number of rotatable bonds is 3. The molecule has 1 aromatic rings. The van der Waals surface area contributed by atoms with E-state index < -0.39 is 11.0 Å². The van der Waals surface area contributed by atoms with Crippen LogP contribution in [0.25, 0.3) is 0 Å². The molecule has 96 valence electrons. The molecule has 1 heterocycles. The van der Waals surface area contributed by atoms with Crippen molar-refractivity contribution in [1.82, 2.24) is 0 Å². The second kappa shape index (κ2) is 4.73. The first-order chi connectivity index (χ1) is 8.49. The molecule has 1 atom stereocenters. The van der Waals surface area contributed by atoms with E-state index >= 15 is 0 Å². The number of hydrogen-bond acceptors (Lipinski definition) is 5. The first-order valence-corrected chi connectivity index (χ1v) is 5.71. The van der Waals surface area contributed by atoms with E-state index in [0.29, 0.717) is 30.8 Å². The van der Waals surface area contributed by atoms with Gasteiger partial charge in [0.25, 0.3) is 5.69 Å². The second-order valence-electron chi connectivity index (χ2n) is 4.41. The van der Waals surface area contributed by atoms with Crippen LogP contribution in [0.3, 0.4) is 0 Å². The molecule has 0 spiro atoms. The number of aliphatic hydroxyl groups is 1. The van der Waals surface area contributed by atoms with E-state index in [1.165, 1.54) is 13.0 Å². The van der Waals surface area contributed by atoms with Gasteiger partial charge in [-0.05, 0) is 25.5 Å². The Morgan fingerprint density at radius 1 is 1.56 bits per heavy atom. The van der Waals surface area contributed by atoms with E-state index in [0.717, 1.165) is 0 Å². The number of Topliss-reactive ketones (excluding diaryl/α,β-unsaturated/α-hetero) is 1. The van der Waals surface area contributed by atoms with Gasteiger partial charge < -0.3 is 10.0 Å². The minimum atomic E-state index is -0.494. The van der Waals surface area contributed by atoms with Crippen molar-refractivity contribution in [3.8, 4) is 0 Å². The van der Waals surface area contributed by atoms with Gasteiger partial charge >= 0.3 is 0 Å². The minimum Gasteiger partial charge on any atom is -0.391 e. The van der Waals surface area contributed by atoms with Crippen LogP contribution in [-0.4, -0.2) is 35.0 Å². The molecule has 1 aliphatic heterocycles. The summed E-state index contributed by atoms with van der Waals surface area (Å²) in [7, 11) is 0. The summed E-state index contributed by atoms with van der Waals surface area (Å²) in [6.45, 7) is 2.35. The normalized spacial score (nSPS) is 19.0. The van der Waals surface area contributed by atoms with Crippen LogP contribution in [0, 0.1) is 10.1 Å². The van der Waals surface area contributed by atoms with Crippen molar-refractivity contribution in [3.63, 3.8) is 0 Å². The van der Waals surface area contributed by atoms with E-state index in [1.807, 2.05) is 0 Å². The number of carbonyl (C=O) groups is 1. The fourth-order valence-corrected chi connectivity index (χ4v) is 2.12. The Morgan fingerprint density at radius 2 is 2.28 bits per heavy atom. The number of nitro groups is 1. The van der Waals surface area contributed by atoms with Crippen LogP contribution in [0.5, 0.6) is 0 Å². The molecule has 0 saturated carbocycles. The molecule has 1 aliphatic rings. The average Bonchev–Trinajstić information content (AvgIpc) is 2.74. The highest BCUT2D eigenvalue weighted by Crippen LogP contribution is 2.31. The number of aliphatic hydroxyl groups excluding tert-OH is 1. The van der Waals surface area contributed by atoms with Gasteiger partial charge in [0.15, 0.2) is 5.78 Å². The van der Waals surface area contributed by atoms with Crippen LogP contribution in [-0.2, 0) is 0 Å². The standard InChI is InChI=1S/C12H14N2O4/c1-8(15)9-2-3-11(12(6-9)14(17)18)13-5-4-10(16)7-13/h2-3,6,10,16H,4-5,7H2,1H3. The van der Waals surface area contributed by atoms with Gasteiger partial charge in [0.2, 0.25) is 0 Å². The lowest BCUT2D eigenvalue weighted by Crippen LogP contribution is -2.22. The summed E-state index contributed by atoms with van der Waals surface area (Å²) in [5.74, 6) is -0.203. The van der Waals surface area contributed by atoms with Crippen molar-refractivity contribution in [2.75, 3.05) is 18.0 Å². The highest BCUT2D eigenvalue weighted by Gasteiger charge is 2.26. The molecule has 1 saturated heterocycles. The molecular weight excluding hydrogens is 236 g/mol. The molecule has 2 rings (SSSR count). The Bertz CT molecular complexity index is 501. The number of benzene rings is 1. The summed E-state index contributed by atoms with van der Waals surface area (Å²) in [6.07, 6.45) is 0.156. The molecule has 18 heavy (non-hydrogen) atoms. The number of nitrogens with zero attached hydrogens (tertiary/aromatic N) is 2. The van der Waals surface area contributed by atoms with E-state index in [9.17, 15) is 20.0 Å². The predicted octanol–water partition coefficient (Wildman–Crippen LogP) is 1.37. The molecule has 1 unspecified atom stereocenters. The van der Waals surface area contributed by atoms with Crippen LogP contribution >= 0.6 is 0 Å². The maximum Gasteiger partial charge on any atom is 0.293 e. The fourth-order valence-electron chi connectivity index (χ4n) is 2.12. The summed E-state index contributed by atoms with van der Waals surface area (Å²) in [5.41, 5.74) is 0.698. The van der Waals surface area contributed by atoms with Crippen LogP contribution in [0.4, 0.5) is 11.4 Å². The SMILES string of the molecule is CC(=O)c1ccc(N2CCC(O)C2)c([N+](=O)[O-])c1. The number of carbonyl (C=O) groups excluding carboxylic acids is 1. The lowest BCUT2D eigenvalue weighted by atomic mass is 10.1. The lowest BCUT2D eigenvalue weighted by Gasteiger charge is -2.17. The lowest BCUT2D eigenvalue weighted by molar-refractivity contribution is -0.384. The molecule has 0 bridgehead atoms. The van der Waals surface area contributed by atoms with Gasteiger partial charge in [-0.3, -0.25) is 14.9 Å². The Hall–Kier alpha value is -1.95. The zero-order chi connectivity index (χ0) is 13.3. The van der Waals surface area contributed by atoms with Crippen LogP contribution in [0.15, 0.2) is 18.2 Å². The van der Waals surface area contributed by atoms with E-state index in [-0.39, 0.29) is 11.5 Å². The highest BCUT2D eigenvalue weighted by atomic mass is 16.6. The van der Waals surface area contributed by atoms with Crippen molar-refractivity contribution < 1.29 is 14.8 Å². The molecule has 1 aromatic carbocycles. The van der Waals surface area contributed by atoms with Gasteiger partial charge in [-0.25, -0.2) is 0 Å². The molecule has 6 heteroatoms. The molecule has 0 aliphatic carbocycles. The Morgan fingerprint density at radius 3 is 2.78 bits per heavy atom. The van der Waals surface area contributed by atoms with Gasteiger partial charge in [0, 0.05) is 24.7 Å². The topological polar surface area (TPSA) is 83.7 Å². The van der Waals surface area contributed by atoms with Gasteiger partial charge in [-0.2, -0.15) is 0 Å². The third-order valence-corrected chi connectivity index (χ3v) is 3.08. The zero-order valence-electron chi connectivity index (χ0n) is 10.00. The largest absolute Gasteiger partial charge is 0.391 e. The maximum absolute atomic E-state index is 11.2. The van der Waals surface area contributed by atoms with Gasteiger partial charge in [0.1, 0.15) is 5.69 Å². The second-order valence-corrected chi connectivity index (χ2v) is 4.41. The van der Waals surface area contributed by atoms with E-state index in [4.69, 9.17) is 0 Å². The Labute approximate surface area is 104 Å².